The summed E-state index contributed by atoms with van der Waals surface area (Å²) in [6, 6.07) is 3.89. The van der Waals surface area contributed by atoms with Gasteiger partial charge in [-0.2, -0.15) is 5.10 Å². The first kappa shape index (κ1) is 15.1. The van der Waals surface area contributed by atoms with Crippen LogP contribution in [0.25, 0.3) is 0 Å². The van der Waals surface area contributed by atoms with Crippen molar-refractivity contribution in [1.82, 2.24) is 19.2 Å². The molecule has 7 heteroatoms. The van der Waals surface area contributed by atoms with Crippen molar-refractivity contribution in [2.45, 2.75) is 44.8 Å². The van der Waals surface area contributed by atoms with Gasteiger partial charge in [-0.25, -0.2) is 4.68 Å². The van der Waals surface area contributed by atoms with Gasteiger partial charge in [-0.05, 0) is 30.9 Å². The lowest BCUT2D eigenvalue weighted by molar-refractivity contribution is 0.255. The van der Waals surface area contributed by atoms with Crippen molar-refractivity contribution in [3.63, 3.8) is 0 Å². The summed E-state index contributed by atoms with van der Waals surface area (Å²) in [5.41, 5.74) is -0.848. The van der Waals surface area contributed by atoms with Crippen LogP contribution in [0.1, 0.15) is 36.8 Å². The molecule has 1 saturated heterocycles. The number of nitrogens with zero attached hydrogens (tertiary/aromatic N) is 4. The van der Waals surface area contributed by atoms with E-state index in [1.165, 1.54) is 11.1 Å². The van der Waals surface area contributed by atoms with Crippen molar-refractivity contribution >= 4 is 0 Å². The SMILES string of the molecule is O=c1c(=O)n2c(nn1CC1CCC1)[C@@H]1CN(Cc3ccco3)C[C@@H]1C2. The predicted molar refractivity (Wildman–Crippen MR) is 90.3 cm³/mol. The van der Waals surface area contributed by atoms with Gasteiger partial charge in [-0.1, -0.05) is 6.42 Å². The smallest absolute Gasteiger partial charge is 0.332 e. The highest BCUT2D eigenvalue weighted by atomic mass is 16.3. The summed E-state index contributed by atoms with van der Waals surface area (Å²) >= 11 is 0. The molecule has 4 heterocycles. The Hall–Kier alpha value is -2.15. The van der Waals surface area contributed by atoms with Crippen molar-refractivity contribution in [2.24, 2.45) is 11.8 Å². The molecule has 2 fully saturated rings. The molecule has 1 aliphatic carbocycles. The molecular weight excluding hydrogens is 320 g/mol. The van der Waals surface area contributed by atoms with E-state index in [1.807, 2.05) is 12.1 Å². The Morgan fingerprint density at radius 1 is 1.16 bits per heavy atom. The number of fused-ring (bicyclic) bond motifs is 3. The summed E-state index contributed by atoms with van der Waals surface area (Å²) in [7, 11) is 0. The minimum atomic E-state index is -0.455. The van der Waals surface area contributed by atoms with Crippen molar-refractivity contribution in [3.8, 4) is 0 Å². The number of likely N-dealkylation sites (tertiary alicyclic amines) is 1. The highest BCUT2D eigenvalue weighted by Crippen LogP contribution is 2.37. The Balaban J connectivity index is 1.41. The third-order valence-electron chi connectivity index (χ3n) is 6.04. The lowest BCUT2D eigenvalue weighted by atomic mass is 9.85. The monoisotopic (exact) mass is 342 g/mol. The number of rotatable bonds is 4. The lowest BCUT2D eigenvalue weighted by Gasteiger charge is -2.25. The van der Waals surface area contributed by atoms with Crippen LogP contribution in [0, 0.1) is 11.8 Å². The maximum atomic E-state index is 12.5. The van der Waals surface area contributed by atoms with Gasteiger partial charge < -0.3 is 4.42 Å². The maximum Gasteiger partial charge on any atom is 0.332 e. The molecular formula is C18H22N4O3. The molecule has 2 aliphatic heterocycles. The first-order valence-electron chi connectivity index (χ1n) is 9.15. The number of aromatic nitrogens is 3. The van der Waals surface area contributed by atoms with Crippen LogP contribution in [0.3, 0.4) is 0 Å². The first-order chi connectivity index (χ1) is 12.2. The van der Waals surface area contributed by atoms with Gasteiger partial charge in [0.05, 0.1) is 12.8 Å². The van der Waals surface area contributed by atoms with Crippen molar-refractivity contribution in [2.75, 3.05) is 13.1 Å². The fraction of sp³-hybridized carbons (Fsp3) is 0.611. The number of furan rings is 1. The standard InChI is InChI=1S/C18H22N4O3/c23-17-18(24)22(7-12-3-1-4-12)19-16-15-11-20(8-13(15)9-21(16)17)10-14-5-2-6-25-14/h2,5-6,12-13,15H,1,3-4,7-11H2/t13-,15-/m1/s1. The van der Waals surface area contributed by atoms with E-state index in [4.69, 9.17) is 4.42 Å². The largest absolute Gasteiger partial charge is 0.468 e. The Kier molecular flexibility index (Phi) is 3.45. The summed E-state index contributed by atoms with van der Waals surface area (Å²) in [6.07, 6.45) is 5.18. The zero-order valence-corrected chi connectivity index (χ0v) is 14.1. The van der Waals surface area contributed by atoms with E-state index in [0.29, 0.717) is 24.9 Å². The quantitative estimate of drug-likeness (QED) is 0.776. The van der Waals surface area contributed by atoms with Gasteiger partial charge in [-0.15, -0.1) is 0 Å². The molecule has 2 atom stereocenters. The van der Waals surface area contributed by atoms with Crippen LogP contribution in [0.15, 0.2) is 32.4 Å². The molecule has 132 valence electrons. The van der Waals surface area contributed by atoms with Gasteiger partial charge in [-0.3, -0.25) is 19.1 Å². The van der Waals surface area contributed by atoms with Crippen LogP contribution >= 0.6 is 0 Å². The van der Waals surface area contributed by atoms with Gasteiger partial charge in [0, 0.05) is 38.0 Å². The van der Waals surface area contributed by atoms with E-state index in [0.717, 1.165) is 44.1 Å². The Bertz CT molecular complexity index is 894. The Morgan fingerprint density at radius 3 is 2.76 bits per heavy atom. The van der Waals surface area contributed by atoms with Crippen molar-refractivity contribution in [1.29, 1.82) is 0 Å². The third kappa shape index (κ3) is 2.49. The molecule has 0 unspecified atom stereocenters. The molecule has 0 amide bonds. The topological polar surface area (TPSA) is 73.3 Å². The summed E-state index contributed by atoms with van der Waals surface area (Å²) in [5.74, 6) is 2.85. The predicted octanol–water partition coefficient (Wildman–Crippen LogP) is 1.03. The van der Waals surface area contributed by atoms with Gasteiger partial charge in [0.15, 0.2) is 0 Å². The molecule has 0 bridgehead atoms. The van der Waals surface area contributed by atoms with E-state index < -0.39 is 11.1 Å². The van der Waals surface area contributed by atoms with Crippen LogP contribution in [0.5, 0.6) is 0 Å². The van der Waals surface area contributed by atoms with Crippen LogP contribution in [-0.4, -0.2) is 32.3 Å². The van der Waals surface area contributed by atoms with Gasteiger partial charge in [0.25, 0.3) is 0 Å². The van der Waals surface area contributed by atoms with Crippen molar-refractivity contribution < 1.29 is 4.42 Å². The Labute approximate surface area is 144 Å². The molecule has 2 aromatic rings. The summed E-state index contributed by atoms with van der Waals surface area (Å²) in [4.78, 5) is 27.2. The molecule has 2 aromatic heterocycles. The molecule has 0 N–H and O–H groups in total. The van der Waals surface area contributed by atoms with Crippen LogP contribution in [0.2, 0.25) is 0 Å². The molecule has 25 heavy (non-hydrogen) atoms. The number of hydrogen-bond donors (Lipinski definition) is 0. The van der Waals surface area contributed by atoms with Gasteiger partial charge in [0.1, 0.15) is 11.6 Å². The van der Waals surface area contributed by atoms with Crippen molar-refractivity contribution in [3.05, 3.63) is 50.7 Å². The van der Waals surface area contributed by atoms with E-state index in [9.17, 15) is 9.59 Å². The molecule has 0 spiro atoms. The average Bonchev–Trinajstić information content (AvgIpc) is 3.25. The summed E-state index contributed by atoms with van der Waals surface area (Å²) in [6.45, 7) is 3.76. The normalized spacial score (nSPS) is 25.8. The van der Waals surface area contributed by atoms with Gasteiger partial charge in [0.2, 0.25) is 0 Å². The van der Waals surface area contributed by atoms with E-state index in [-0.39, 0.29) is 5.92 Å². The second-order valence-corrected chi connectivity index (χ2v) is 7.70. The Morgan fingerprint density at radius 2 is 2.04 bits per heavy atom. The zero-order chi connectivity index (χ0) is 17.0. The van der Waals surface area contributed by atoms with E-state index >= 15 is 0 Å². The maximum absolute atomic E-state index is 12.5. The molecule has 7 nitrogen and oxygen atoms in total. The molecule has 3 aliphatic rings. The summed E-state index contributed by atoms with van der Waals surface area (Å²) < 4.78 is 8.51. The van der Waals surface area contributed by atoms with Crippen LogP contribution < -0.4 is 11.1 Å². The zero-order valence-electron chi connectivity index (χ0n) is 14.1. The third-order valence-corrected chi connectivity index (χ3v) is 6.04. The minimum Gasteiger partial charge on any atom is -0.468 e. The second kappa shape index (κ2) is 5.69. The van der Waals surface area contributed by atoms with Crippen LogP contribution in [-0.2, 0) is 19.6 Å². The number of hydrogen-bond acceptors (Lipinski definition) is 5. The van der Waals surface area contributed by atoms with E-state index in [1.54, 1.807) is 10.8 Å². The average molecular weight is 342 g/mol. The van der Waals surface area contributed by atoms with Crippen LogP contribution in [0.4, 0.5) is 0 Å². The molecule has 0 radical (unpaired) electrons. The lowest BCUT2D eigenvalue weighted by Crippen LogP contribution is -2.45. The van der Waals surface area contributed by atoms with E-state index in [2.05, 4.69) is 10.00 Å². The minimum absolute atomic E-state index is 0.232. The van der Waals surface area contributed by atoms with Gasteiger partial charge >= 0.3 is 11.1 Å². The molecule has 0 aromatic carbocycles. The highest BCUT2D eigenvalue weighted by Gasteiger charge is 2.42. The first-order valence-corrected chi connectivity index (χ1v) is 9.15. The highest BCUT2D eigenvalue weighted by molar-refractivity contribution is 5.12. The molecule has 5 rings (SSSR count). The molecule has 1 saturated carbocycles. The second-order valence-electron chi connectivity index (χ2n) is 7.70. The fourth-order valence-electron chi connectivity index (χ4n) is 4.47. The fourth-order valence-corrected chi connectivity index (χ4v) is 4.47. The summed E-state index contributed by atoms with van der Waals surface area (Å²) in [5, 5.41) is 4.63.